The maximum Gasteiger partial charge on any atom is 0.342 e. The molecule has 1 aliphatic heterocycles. The van der Waals surface area contributed by atoms with Gasteiger partial charge in [-0.3, -0.25) is 5.32 Å². The second kappa shape index (κ2) is 13.4. The van der Waals surface area contributed by atoms with Crippen LogP contribution in [0.1, 0.15) is 69.7 Å². The topological polar surface area (TPSA) is 111 Å². The summed E-state index contributed by atoms with van der Waals surface area (Å²) in [7, 11) is 0. The Morgan fingerprint density at radius 2 is 1.54 bits per heavy atom. The zero-order chi connectivity index (χ0) is 29.4. The third-order valence-electron chi connectivity index (χ3n) is 7.11. The molecule has 0 aromatic heterocycles. The summed E-state index contributed by atoms with van der Waals surface area (Å²) >= 11 is 0. The Kier molecular flexibility index (Phi) is 9.73. The number of esters is 3. The number of aromatic hydroxyl groups is 1. The monoisotopic (exact) mass is 563 g/mol. The van der Waals surface area contributed by atoms with Crippen molar-refractivity contribution in [3.8, 4) is 5.75 Å². The van der Waals surface area contributed by atoms with Gasteiger partial charge < -0.3 is 19.3 Å². The average molecular weight is 564 g/mol. The van der Waals surface area contributed by atoms with Crippen LogP contribution in [-0.4, -0.2) is 42.8 Å². The van der Waals surface area contributed by atoms with Gasteiger partial charge in [-0.05, 0) is 74.9 Å². The minimum Gasteiger partial charge on any atom is -0.506 e. The summed E-state index contributed by atoms with van der Waals surface area (Å²) in [6, 6.07) is 16.7. The molecule has 1 atom stereocenters. The fraction of sp³-hybridized carbons (Fsp3) is 0.344. The van der Waals surface area contributed by atoms with Gasteiger partial charge in [0.25, 0.3) is 0 Å². The molecule has 8 nitrogen and oxygen atoms in total. The molecule has 0 spiro atoms. The van der Waals surface area contributed by atoms with Gasteiger partial charge in [0, 0.05) is 5.56 Å². The van der Waals surface area contributed by atoms with E-state index in [4.69, 9.17) is 14.2 Å². The number of hydrogen-bond acceptors (Lipinski definition) is 8. The Morgan fingerprint density at radius 1 is 0.878 bits per heavy atom. The van der Waals surface area contributed by atoms with Crippen molar-refractivity contribution in [3.05, 3.63) is 99.9 Å². The molecule has 0 unspecified atom stereocenters. The van der Waals surface area contributed by atoms with E-state index in [-0.39, 0.29) is 48.7 Å². The molecule has 0 saturated carbocycles. The lowest BCUT2D eigenvalue weighted by Crippen LogP contribution is -2.47. The minimum absolute atomic E-state index is 0.0116. The zero-order valence-electron chi connectivity index (χ0n) is 23.2. The molecule has 41 heavy (non-hydrogen) atoms. The number of phenols is 1. The van der Waals surface area contributed by atoms with E-state index >= 15 is 0 Å². The van der Waals surface area contributed by atoms with Gasteiger partial charge in [-0.15, -0.1) is 0 Å². The number of benzene rings is 3. The summed E-state index contributed by atoms with van der Waals surface area (Å²) in [5.41, 5.74) is 0.209. The summed E-state index contributed by atoms with van der Waals surface area (Å²) in [6.07, 6.45) is 1.53. The molecular formula is C32H34FNO7. The molecule has 1 heterocycles. The summed E-state index contributed by atoms with van der Waals surface area (Å²) < 4.78 is 29.7. The lowest BCUT2D eigenvalue weighted by molar-refractivity contribution is -0.153. The first kappa shape index (κ1) is 29.7. The number of carbonyl (C=O) groups is 3. The number of rotatable bonds is 11. The molecule has 4 rings (SSSR count). The van der Waals surface area contributed by atoms with Crippen molar-refractivity contribution < 1.29 is 38.1 Å². The number of nitrogens with one attached hydrogen (secondary N) is 1. The average Bonchev–Trinajstić information content (AvgIpc) is 3.47. The van der Waals surface area contributed by atoms with Crippen LogP contribution >= 0.6 is 0 Å². The fourth-order valence-electron chi connectivity index (χ4n) is 5.13. The van der Waals surface area contributed by atoms with Gasteiger partial charge >= 0.3 is 17.9 Å². The van der Waals surface area contributed by atoms with Gasteiger partial charge in [-0.25, -0.2) is 18.8 Å². The maximum atomic E-state index is 13.8. The summed E-state index contributed by atoms with van der Waals surface area (Å²) in [6.45, 7) is 3.79. The van der Waals surface area contributed by atoms with Crippen LogP contribution in [0.15, 0.2) is 60.7 Å². The molecule has 0 aliphatic carbocycles. The Bertz CT molecular complexity index is 1380. The van der Waals surface area contributed by atoms with E-state index in [0.717, 1.165) is 11.1 Å². The van der Waals surface area contributed by atoms with Crippen LogP contribution in [0.25, 0.3) is 0 Å². The van der Waals surface area contributed by atoms with Crippen LogP contribution in [0.4, 0.5) is 4.39 Å². The number of aryl methyl sites for hydroxylation is 2. The number of halogens is 1. The molecular weight excluding hydrogens is 529 g/mol. The van der Waals surface area contributed by atoms with Crippen molar-refractivity contribution in [1.82, 2.24) is 5.32 Å². The van der Waals surface area contributed by atoms with Crippen molar-refractivity contribution >= 4 is 17.9 Å². The van der Waals surface area contributed by atoms with Gasteiger partial charge in [0.2, 0.25) is 0 Å². The van der Waals surface area contributed by atoms with Crippen LogP contribution in [-0.2, 0) is 44.0 Å². The van der Waals surface area contributed by atoms with Crippen LogP contribution < -0.4 is 5.32 Å². The minimum atomic E-state index is -1.47. The Hall–Kier alpha value is -4.24. The van der Waals surface area contributed by atoms with Crippen molar-refractivity contribution in [1.29, 1.82) is 0 Å². The number of carbonyl (C=O) groups excluding carboxylic acids is 3. The van der Waals surface area contributed by atoms with E-state index in [0.29, 0.717) is 31.4 Å². The first-order valence-corrected chi connectivity index (χ1v) is 13.7. The standard InChI is InChI=1S/C32H34FNO7/c1-3-39-29(36)26-23(14-11-21-12-15-24(33)16-13-21)19-25(27(28(26)35)30(37)40-4-2)32(17-8-18-34-32)31(38)41-20-22-9-6-5-7-10-22/h5-7,9-10,12-13,15-16,19,34-35H,3-4,8,11,14,17-18,20H2,1-2H3/t32-/m0/s1. The number of hydrogen-bond donors (Lipinski definition) is 2. The van der Waals surface area contributed by atoms with E-state index in [1.165, 1.54) is 12.1 Å². The van der Waals surface area contributed by atoms with Crippen LogP contribution in [0.2, 0.25) is 0 Å². The molecule has 1 saturated heterocycles. The number of phenolic OH excluding ortho intramolecular Hbond substituents is 1. The molecule has 0 radical (unpaired) electrons. The normalized spacial score (nSPS) is 16.3. The zero-order valence-corrected chi connectivity index (χ0v) is 23.2. The van der Waals surface area contributed by atoms with Crippen LogP contribution in [0.3, 0.4) is 0 Å². The summed E-state index contributed by atoms with van der Waals surface area (Å²) in [4.78, 5) is 40.2. The first-order valence-electron chi connectivity index (χ1n) is 13.7. The van der Waals surface area contributed by atoms with E-state index < -0.39 is 29.2 Å². The van der Waals surface area contributed by atoms with Crippen LogP contribution in [0.5, 0.6) is 5.75 Å². The molecule has 1 aliphatic rings. The highest BCUT2D eigenvalue weighted by Crippen LogP contribution is 2.41. The maximum absolute atomic E-state index is 13.8. The molecule has 3 aromatic carbocycles. The molecule has 0 bridgehead atoms. The molecule has 1 fully saturated rings. The van der Waals surface area contributed by atoms with Gasteiger partial charge in [0.05, 0.1) is 13.2 Å². The first-order chi connectivity index (χ1) is 19.8. The lowest BCUT2D eigenvalue weighted by atomic mass is 9.81. The van der Waals surface area contributed by atoms with E-state index in [2.05, 4.69) is 5.32 Å². The largest absolute Gasteiger partial charge is 0.506 e. The van der Waals surface area contributed by atoms with Crippen molar-refractivity contribution in [2.24, 2.45) is 0 Å². The SMILES string of the molecule is CCOC(=O)c1c(CCc2ccc(F)cc2)cc([C@]2(C(=O)OCc3ccccc3)CCCN2)c(C(=O)OCC)c1O. The number of ether oxygens (including phenoxy) is 3. The van der Waals surface area contributed by atoms with Gasteiger partial charge in [-0.2, -0.15) is 0 Å². The highest BCUT2D eigenvalue weighted by atomic mass is 19.1. The highest BCUT2D eigenvalue weighted by Gasteiger charge is 2.48. The Labute approximate surface area is 238 Å². The third kappa shape index (κ3) is 6.57. The molecule has 9 heteroatoms. The van der Waals surface area contributed by atoms with Crippen molar-refractivity contribution in [3.63, 3.8) is 0 Å². The third-order valence-corrected chi connectivity index (χ3v) is 7.11. The predicted octanol–water partition coefficient (Wildman–Crippen LogP) is 4.99. The summed E-state index contributed by atoms with van der Waals surface area (Å²) in [5, 5.41) is 14.7. The second-order valence-corrected chi connectivity index (χ2v) is 9.75. The quantitative estimate of drug-likeness (QED) is 0.248. The van der Waals surface area contributed by atoms with Gasteiger partial charge in [-0.1, -0.05) is 48.5 Å². The molecule has 216 valence electrons. The van der Waals surface area contributed by atoms with Gasteiger partial charge in [0.15, 0.2) is 0 Å². The predicted molar refractivity (Wildman–Crippen MR) is 149 cm³/mol. The van der Waals surface area contributed by atoms with Crippen LogP contribution in [0, 0.1) is 5.82 Å². The Balaban J connectivity index is 1.84. The molecule has 2 N–H and O–H groups in total. The van der Waals surface area contributed by atoms with E-state index in [1.54, 1.807) is 32.0 Å². The van der Waals surface area contributed by atoms with Crippen molar-refractivity contribution in [2.75, 3.05) is 19.8 Å². The van der Waals surface area contributed by atoms with Crippen molar-refractivity contribution in [2.45, 2.75) is 51.7 Å². The smallest absolute Gasteiger partial charge is 0.342 e. The second-order valence-electron chi connectivity index (χ2n) is 9.75. The van der Waals surface area contributed by atoms with Gasteiger partial charge in [0.1, 0.15) is 34.8 Å². The summed E-state index contributed by atoms with van der Waals surface area (Å²) in [5.74, 6) is -3.28. The molecule has 0 amide bonds. The highest BCUT2D eigenvalue weighted by molar-refractivity contribution is 6.04. The van der Waals surface area contributed by atoms with E-state index in [1.807, 2.05) is 30.3 Å². The fourth-order valence-corrected chi connectivity index (χ4v) is 5.13. The lowest BCUT2D eigenvalue weighted by Gasteiger charge is -2.31. The van der Waals surface area contributed by atoms with E-state index in [9.17, 15) is 23.9 Å². The molecule has 3 aromatic rings. The Morgan fingerprint density at radius 3 is 2.15 bits per heavy atom.